The molecule has 2 aromatic rings. The molecule has 5 heteroatoms. The number of Topliss-reactive ketones (excluding diaryl/α,β-unsaturated/α-hetero) is 1. The number of hydrogen-bond donors (Lipinski definition) is 0. The van der Waals surface area contributed by atoms with Crippen molar-refractivity contribution >= 4 is 17.4 Å². The van der Waals surface area contributed by atoms with Gasteiger partial charge in [0.2, 0.25) is 0 Å². The van der Waals surface area contributed by atoms with Crippen molar-refractivity contribution in [3.05, 3.63) is 46.5 Å². The molecular weight excluding hydrogens is 267 g/mol. The van der Waals surface area contributed by atoms with Gasteiger partial charge in [0, 0.05) is 6.42 Å². The number of nitrogens with zero attached hydrogens (tertiary/aromatic N) is 2. The Morgan fingerprint density at radius 3 is 2.84 bits per heavy atom. The predicted molar refractivity (Wildman–Crippen MR) is 70.4 cm³/mol. The molecule has 0 spiro atoms. The van der Waals surface area contributed by atoms with E-state index in [-0.39, 0.29) is 11.5 Å². The van der Waals surface area contributed by atoms with Crippen LogP contribution in [0.5, 0.6) is 0 Å². The van der Waals surface area contributed by atoms with Gasteiger partial charge in [-0.3, -0.25) is 4.79 Å². The molecule has 0 saturated heterocycles. The van der Waals surface area contributed by atoms with E-state index in [0.717, 1.165) is 18.5 Å². The molecule has 19 heavy (non-hydrogen) atoms. The summed E-state index contributed by atoms with van der Waals surface area (Å²) >= 11 is 6.05. The number of aromatic nitrogens is 2. The van der Waals surface area contributed by atoms with Crippen molar-refractivity contribution in [1.82, 2.24) is 9.78 Å². The molecule has 0 N–H and O–H groups in total. The smallest absolute Gasteiger partial charge is 0.166 e. The second kappa shape index (κ2) is 4.78. The summed E-state index contributed by atoms with van der Waals surface area (Å²) < 4.78 is 15.4. The number of fused-ring (bicyclic) bond motifs is 1. The van der Waals surface area contributed by atoms with Crippen LogP contribution < -0.4 is 0 Å². The van der Waals surface area contributed by atoms with E-state index in [1.807, 2.05) is 0 Å². The Morgan fingerprint density at radius 1 is 1.26 bits per heavy atom. The van der Waals surface area contributed by atoms with E-state index >= 15 is 0 Å². The molecule has 0 fully saturated rings. The molecule has 3 nitrogen and oxygen atoms in total. The molecule has 1 aromatic heterocycles. The van der Waals surface area contributed by atoms with E-state index in [4.69, 9.17) is 11.6 Å². The quantitative estimate of drug-likeness (QED) is 0.748. The molecule has 0 saturated carbocycles. The molecular formula is C14H12ClFN2O. The van der Waals surface area contributed by atoms with Gasteiger partial charge in [0.25, 0.3) is 0 Å². The lowest BCUT2D eigenvalue weighted by molar-refractivity contribution is 0.0982. The third-order valence-corrected chi connectivity index (χ3v) is 3.69. The highest BCUT2D eigenvalue weighted by molar-refractivity contribution is 6.32. The lowest BCUT2D eigenvalue weighted by atomic mass is 10.1. The fourth-order valence-electron chi connectivity index (χ4n) is 2.44. The summed E-state index contributed by atoms with van der Waals surface area (Å²) in [5, 5.41) is 4.45. The Morgan fingerprint density at radius 2 is 2.05 bits per heavy atom. The molecule has 0 aliphatic heterocycles. The number of hydrogen-bond acceptors (Lipinski definition) is 2. The Bertz CT molecular complexity index is 631. The van der Waals surface area contributed by atoms with Crippen molar-refractivity contribution in [2.75, 3.05) is 0 Å². The van der Waals surface area contributed by atoms with Crippen LogP contribution in [-0.4, -0.2) is 15.6 Å². The average molecular weight is 279 g/mol. The first kappa shape index (κ1) is 12.4. The van der Waals surface area contributed by atoms with Crippen molar-refractivity contribution in [3.8, 4) is 5.69 Å². The van der Waals surface area contributed by atoms with Crippen LogP contribution in [0.4, 0.5) is 4.39 Å². The number of carbonyl (C=O) groups excluding carboxylic acids is 1. The molecule has 98 valence electrons. The molecule has 1 aromatic carbocycles. The van der Waals surface area contributed by atoms with Crippen LogP contribution in [0.1, 0.15) is 35.3 Å². The summed E-state index contributed by atoms with van der Waals surface area (Å²) in [7, 11) is 0. The monoisotopic (exact) mass is 278 g/mol. The Balaban J connectivity index is 2.20. The fraction of sp³-hybridized carbons (Fsp3) is 0.286. The first-order valence-corrected chi connectivity index (χ1v) is 6.61. The number of ketones is 1. The summed E-state index contributed by atoms with van der Waals surface area (Å²) in [5.41, 5.74) is 1.58. The number of rotatable bonds is 1. The van der Waals surface area contributed by atoms with Gasteiger partial charge in [0.15, 0.2) is 5.78 Å². The zero-order valence-corrected chi connectivity index (χ0v) is 11.0. The summed E-state index contributed by atoms with van der Waals surface area (Å²) in [6.07, 6.45) is 4.52. The maximum absolute atomic E-state index is 14.0. The second-order valence-electron chi connectivity index (χ2n) is 4.62. The van der Waals surface area contributed by atoms with E-state index in [0.29, 0.717) is 23.4 Å². The first-order chi connectivity index (χ1) is 9.18. The Kier molecular flexibility index (Phi) is 3.11. The van der Waals surface area contributed by atoms with Crippen LogP contribution >= 0.6 is 11.6 Å². The predicted octanol–water partition coefficient (Wildman–Crippen LogP) is 3.57. The molecule has 1 heterocycles. The van der Waals surface area contributed by atoms with Gasteiger partial charge >= 0.3 is 0 Å². The highest BCUT2D eigenvalue weighted by Gasteiger charge is 2.23. The lowest BCUT2D eigenvalue weighted by Gasteiger charge is -2.10. The minimum Gasteiger partial charge on any atom is -0.294 e. The minimum atomic E-state index is -0.435. The number of para-hydroxylation sites is 1. The number of benzene rings is 1. The van der Waals surface area contributed by atoms with Crippen LogP contribution in [0, 0.1) is 5.82 Å². The standard InChI is InChI=1S/C14H12ClFN2O/c15-10-4-3-5-11(16)14(10)18-12-6-1-2-7-13(19)9(12)8-17-18/h3-5,8H,1-2,6-7H2. The molecule has 1 aliphatic rings. The summed E-state index contributed by atoms with van der Waals surface area (Å²) in [5.74, 6) is -0.360. The topological polar surface area (TPSA) is 34.9 Å². The zero-order valence-electron chi connectivity index (χ0n) is 10.2. The van der Waals surface area contributed by atoms with Gasteiger partial charge in [-0.1, -0.05) is 17.7 Å². The van der Waals surface area contributed by atoms with Crippen LogP contribution in [0.3, 0.4) is 0 Å². The fourth-order valence-corrected chi connectivity index (χ4v) is 2.69. The normalized spacial score (nSPS) is 15.2. The van der Waals surface area contributed by atoms with E-state index in [2.05, 4.69) is 5.10 Å². The van der Waals surface area contributed by atoms with Gasteiger partial charge < -0.3 is 0 Å². The third kappa shape index (κ3) is 2.06. The van der Waals surface area contributed by atoms with Crippen molar-refractivity contribution < 1.29 is 9.18 Å². The third-order valence-electron chi connectivity index (χ3n) is 3.39. The van der Waals surface area contributed by atoms with Gasteiger partial charge in [-0.2, -0.15) is 5.10 Å². The summed E-state index contributed by atoms with van der Waals surface area (Å²) in [4.78, 5) is 11.9. The average Bonchev–Trinajstić information content (AvgIpc) is 2.69. The number of carbonyl (C=O) groups is 1. The van der Waals surface area contributed by atoms with E-state index in [1.54, 1.807) is 12.1 Å². The highest BCUT2D eigenvalue weighted by atomic mass is 35.5. The van der Waals surface area contributed by atoms with Gasteiger partial charge in [0.1, 0.15) is 11.5 Å². The first-order valence-electron chi connectivity index (χ1n) is 6.23. The van der Waals surface area contributed by atoms with Crippen molar-refractivity contribution in [1.29, 1.82) is 0 Å². The van der Waals surface area contributed by atoms with Crippen molar-refractivity contribution in [2.45, 2.75) is 25.7 Å². The highest BCUT2D eigenvalue weighted by Crippen LogP contribution is 2.28. The molecule has 0 radical (unpaired) electrons. The van der Waals surface area contributed by atoms with Gasteiger partial charge in [-0.25, -0.2) is 9.07 Å². The van der Waals surface area contributed by atoms with Crippen molar-refractivity contribution in [2.24, 2.45) is 0 Å². The maximum atomic E-state index is 14.0. The Labute approximate surface area is 115 Å². The summed E-state index contributed by atoms with van der Waals surface area (Å²) in [6.45, 7) is 0. The van der Waals surface area contributed by atoms with E-state index in [9.17, 15) is 9.18 Å². The Hall–Kier alpha value is -1.68. The molecule has 1 aliphatic carbocycles. The maximum Gasteiger partial charge on any atom is 0.166 e. The van der Waals surface area contributed by atoms with Crippen molar-refractivity contribution in [3.63, 3.8) is 0 Å². The second-order valence-corrected chi connectivity index (χ2v) is 5.02. The van der Waals surface area contributed by atoms with Crippen LogP contribution in [0.2, 0.25) is 5.02 Å². The van der Waals surface area contributed by atoms with Gasteiger partial charge in [0.05, 0.1) is 22.5 Å². The summed E-state index contributed by atoms with van der Waals surface area (Å²) in [6, 6.07) is 4.51. The molecule has 0 atom stereocenters. The van der Waals surface area contributed by atoms with Crippen LogP contribution in [0.15, 0.2) is 24.4 Å². The number of halogens is 2. The lowest BCUT2D eigenvalue weighted by Crippen LogP contribution is -2.07. The van der Waals surface area contributed by atoms with Gasteiger partial charge in [-0.15, -0.1) is 0 Å². The van der Waals surface area contributed by atoms with E-state index < -0.39 is 5.82 Å². The largest absolute Gasteiger partial charge is 0.294 e. The molecule has 0 unspecified atom stereocenters. The zero-order chi connectivity index (χ0) is 13.4. The van der Waals surface area contributed by atoms with Crippen LogP contribution in [0.25, 0.3) is 5.69 Å². The minimum absolute atomic E-state index is 0.0752. The van der Waals surface area contributed by atoms with Crippen LogP contribution in [-0.2, 0) is 6.42 Å². The molecule has 3 rings (SSSR count). The van der Waals surface area contributed by atoms with E-state index in [1.165, 1.54) is 16.9 Å². The molecule has 0 amide bonds. The molecule has 0 bridgehead atoms. The SMILES string of the molecule is O=C1CCCCc2c1cnn2-c1c(F)cccc1Cl. The van der Waals surface area contributed by atoms with Gasteiger partial charge in [-0.05, 0) is 31.4 Å².